The van der Waals surface area contributed by atoms with Gasteiger partial charge in [-0.15, -0.1) is 0 Å². The summed E-state index contributed by atoms with van der Waals surface area (Å²) in [6, 6.07) is 4.95. The number of nitrogens with zero attached hydrogens (tertiary/aromatic N) is 1. The Balaban J connectivity index is 2.25. The van der Waals surface area contributed by atoms with Crippen molar-refractivity contribution in [2.24, 2.45) is 16.7 Å². The molecule has 0 spiro atoms. The molecule has 0 radical (unpaired) electrons. The molecule has 0 saturated heterocycles. The lowest BCUT2D eigenvalue weighted by Gasteiger charge is -2.35. The number of ether oxygens (including phenoxy) is 2. The first-order valence-electron chi connectivity index (χ1n) is 14.3. The van der Waals surface area contributed by atoms with Crippen LogP contribution in [0.4, 0.5) is 4.79 Å². The summed E-state index contributed by atoms with van der Waals surface area (Å²) in [7, 11) is 0. The van der Waals surface area contributed by atoms with E-state index < -0.39 is 17.6 Å². The second kappa shape index (κ2) is 12.4. The van der Waals surface area contributed by atoms with Crippen LogP contribution in [0.25, 0.3) is 10.8 Å². The SMILES string of the molecule is CCCCOc1c(C(NC(=O)O)C(C)(C)C)n(CC(C)(C)C)c(=O)c2ccc(OCC3CCCCC3)cc12. The Kier molecular flexibility index (Phi) is 9.77. The van der Waals surface area contributed by atoms with E-state index in [9.17, 15) is 14.7 Å². The van der Waals surface area contributed by atoms with Crippen molar-refractivity contribution in [1.29, 1.82) is 0 Å². The highest BCUT2D eigenvalue weighted by Crippen LogP contribution is 2.42. The predicted octanol–water partition coefficient (Wildman–Crippen LogP) is 7.54. The van der Waals surface area contributed by atoms with Crippen LogP contribution in [0.1, 0.15) is 105 Å². The zero-order chi connectivity index (χ0) is 28.1. The number of fused-ring (bicyclic) bond motifs is 1. The van der Waals surface area contributed by atoms with Gasteiger partial charge in [0.1, 0.15) is 11.5 Å². The first-order valence-corrected chi connectivity index (χ1v) is 14.3. The Labute approximate surface area is 227 Å². The van der Waals surface area contributed by atoms with Crippen molar-refractivity contribution in [1.82, 2.24) is 9.88 Å². The van der Waals surface area contributed by atoms with Crippen molar-refractivity contribution >= 4 is 16.9 Å². The lowest BCUT2D eigenvalue weighted by Crippen LogP contribution is -2.41. The van der Waals surface area contributed by atoms with E-state index in [-0.39, 0.29) is 11.0 Å². The third kappa shape index (κ3) is 7.67. The summed E-state index contributed by atoms with van der Waals surface area (Å²) in [6.07, 6.45) is 6.86. The predicted molar refractivity (Wildman–Crippen MR) is 153 cm³/mol. The van der Waals surface area contributed by atoms with E-state index in [4.69, 9.17) is 9.47 Å². The zero-order valence-corrected chi connectivity index (χ0v) is 24.5. The maximum atomic E-state index is 14.0. The van der Waals surface area contributed by atoms with Crippen LogP contribution in [0.3, 0.4) is 0 Å². The molecule has 2 aromatic rings. The van der Waals surface area contributed by atoms with Gasteiger partial charge in [-0.05, 0) is 54.2 Å². The summed E-state index contributed by atoms with van der Waals surface area (Å²) < 4.78 is 14.4. The van der Waals surface area contributed by atoms with Crippen LogP contribution in [-0.4, -0.2) is 29.0 Å². The summed E-state index contributed by atoms with van der Waals surface area (Å²) in [6.45, 7) is 15.8. The minimum Gasteiger partial charge on any atom is -0.493 e. The minimum atomic E-state index is -1.14. The maximum absolute atomic E-state index is 14.0. The van der Waals surface area contributed by atoms with Crippen molar-refractivity contribution in [2.75, 3.05) is 13.2 Å². The Morgan fingerprint density at radius 2 is 1.76 bits per heavy atom. The molecule has 1 heterocycles. The fourth-order valence-corrected chi connectivity index (χ4v) is 5.28. The van der Waals surface area contributed by atoms with E-state index in [1.807, 2.05) is 39.0 Å². The molecule has 7 heteroatoms. The third-order valence-corrected chi connectivity index (χ3v) is 7.23. The van der Waals surface area contributed by atoms with Crippen LogP contribution in [0.2, 0.25) is 0 Å². The molecule has 1 saturated carbocycles. The van der Waals surface area contributed by atoms with Gasteiger partial charge in [-0.2, -0.15) is 0 Å². The van der Waals surface area contributed by atoms with Crippen molar-refractivity contribution < 1.29 is 19.4 Å². The first kappa shape index (κ1) is 29.9. The number of pyridine rings is 1. The highest BCUT2D eigenvalue weighted by Gasteiger charge is 2.35. The Bertz CT molecular complexity index is 1150. The van der Waals surface area contributed by atoms with E-state index in [1.54, 1.807) is 4.57 Å². The van der Waals surface area contributed by atoms with E-state index >= 15 is 0 Å². The van der Waals surface area contributed by atoms with Gasteiger partial charge >= 0.3 is 6.09 Å². The molecule has 0 aliphatic heterocycles. The van der Waals surface area contributed by atoms with Gasteiger partial charge < -0.3 is 24.5 Å². The summed E-state index contributed by atoms with van der Waals surface area (Å²) in [5, 5.41) is 13.7. The molecule has 1 aromatic heterocycles. The molecule has 7 nitrogen and oxygen atoms in total. The molecule has 3 rings (SSSR count). The monoisotopic (exact) mass is 528 g/mol. The van der Waals surface area contributed by atoms with E-state index in [0.29, 0.717) is 53.6 Å². The number of benzene rings is 1. The molecule has 212 valence electrons. The van der Waals surface area contributed by atoms with Crippen LogP contribution in [0, 0.1) is 16.7 Å². The quantitative estimate of drug-likeness (QED) is 0.311. The number of carboxylic acid groups (broad SMARTS) is 1. The number of nitrogens with one attached hydrogen (secondary N) is 1. The third-order valence-electron chi connectivity index (χ3n) is 7.23. The molecular formula is C31H48N2O5. The molecule has 1 atom stereocenters. The molecule has 1 amide bonds. The summed E-state index contributed by atoms with van der Waals surface area (Å²) in [5.74, 6) is 1.83. The van der Waals surface area contributed by atoms with Crippen molar-refractivity contribution in [2.45, 2.75) is 106 Å². The van der Waals surface area contributed by atoms with Gasteiger partial charge in [-0.25, -0.2) is 4.79 Å². The molecular weight excluding hydrogens is 480 g/mol. The van der Waals surface area contributed by atoms with Crippen LogP contribution in [0.5, 0.6) is 11.5 Å². The molecule has 1 aliphatic rings. The Hall–Kier alpha value is -2.70. The zero-order valence-electron chi connectivity index (χ0n) is 24.5. The maximum Gasteiger partial charge on any atom is 0.405 e. The van der Waals surface area contributed by atoms with Crippen LogP contribution in [0.15, 0.2) is 23.0 Å². The van der Waals surface area contributed by atoms with Gasteiger partial charge in [0.25, 0.3) is 5.56 Å². The van der Waals surface area contributed by atoms with Crippen molar-refractivity contribution in [3.63, 3.8) is 0 Å². The normalized spacial score (nSPS) is 15.9. The molecule has 0 bridgehead atoms. The average molecular weight is 529 g/mol. The largest absolute Gasteiger partial charge is 0.493 e. The smallest absolute Gasteiger partial charge is 0.405 e. The van der Waals surface area contributed by atoms with Crippen LogP contribution in [-0.2, 0) is 6.54 Å². The highest BCUT2D eigenvalue weighted by atomic mass is 16.5. The number of aromatic nitrogens is 1. The fraction of sp³-hybridized carbons (Fsp3) is 0.677. The average Bonchev–Trinajstić information content (AvgIpc) is 2.83. The van der Waals surface area contributed by atoms with Crippen molar-refractivity contribution in [3.05, 3.63) is 34.2 Å². The number of hydrogen-bond acceptors (Lipinski definition) is 4. The standard InChI is InChI=1S/C31H48N2O5/c1-8-9-17-37-26-24-18-22(38-19-21-13-11-10-12-14-21)15-16-23(24)28(34)33(20-30(2,3)4)25(26)27(31(5,6)7)32-29(35)36/h15-16,18,21,27,32H,8-14,17,19-20H2,1-7H3,(H,35,36). The fourth-order valence-electron chi connectivity index (χ4n) is 5.28. The topological polar surface area (TPSA) is 89.8 Å². The van der Waals surface area contributed by atoms with Gasteiger partial charge in [0.05, 0.1) is 30.3 Å². The number of carbonyl (C=O) groups is 1. The Morgan fingerprint density at radius 1 is 1.08 bits per heavy atom. The van der Waals surface area contributed by atoms with Crippen molar-refractivity contribution in [3.8, 4) is 11.5 Å². The summed E-state index contributed by atoms with van der Waals surface area (Å²) in [4.78, 5) is 26.0. The molecule has 1 aromatic carbocycles. The number of rotatable bonds is 10. The van der Waals surface area contributed by atoms with Gasteiger partial charge in [-0.1, -0.05) is 74.1 Å². The molecule has 38 heavy (non-hydrogen) atoms. The molecule has 1 unspecified atom stereocenters. The Morgan fingerprint density at radius 3 is 2.34 bits per heavy atom. The highest BCUT2D eigenvalue weighted by molar-refractivity contribution is 5.90. The van der Waals surface area contributed by atoms with Gasteiger partial charge in [0, 0.05) is 11.9 Å². The summed E-state index contributed by atoms with van der Waals surface area (Å²) >= 11 is 0. The second-order valence-electron chi connectivity index (χ2n) is 13.1. The van der Waals surface area contributed by atoms with Gasteiger partial charge in [-0.3, -0.25) is 4.79 Å². The van der Waals surface area contributed by atoms with E-state index in [1.165, 1.54) is 32.1 Å². The number of unbranched alkanes of at least 4 members (excludes halogenated alkanes) is 1. The molecule has 1 aliphatic carbocycles. The summed E-state index contributed by atoms with van der Waals surface area (Å²) in [5.41, 5.74) is -0.307. The van der Waals surface area contributed by atoms with Gasteiger partial charge in [0.2, 0.25) is 0 Å². The molecule has 1 fully saturated rings. The van der Waals surface area contributed by atoms with Crippen LogP contribution >= 0.6 is 0 Å². The van der Waals surface area contributed by atoms with E-state index in [0.717, 1.165) is 12.8 Å². The molecule has 2 N–H and O–H groups in total. The lowest BCUT2D eigenvalue weighted by molar-refractivity contribution is 0.169. The van der Waals surface area contributed by atoms with Gasteiger partial charge in [0.15, 0.2) is 0 Å². The lowest BCUT2D eigenvalue weighted by atomic mass is 9.83. The van der Waals surface area contributed by atoms with E-state index in [2.05, 4.69) is 33.0 Å². The number of hydrogen-bond donors (Lipinski definition) is 2. The minimum absolute atomic E-state index is 0.145. The first-order chi connectivity index (χ1) is 17.8. The number of amides is 1. The van der Waals surface area contributed by atoms with Crippen LogP contribution < -0.4 is 20.3 Å². The second-order valence-corrected chi connectivity index (χ2v) is 13.1.